The zero-order valence-electron chi connectivity index (χ0n) is 15.2. The molecule has 1 saturated heterocycles. The predicted molar refractivity (Wildman–Crippen MR) is 97.1 cm³/mol. The maximum atomic E-state index is 5.13. The van der Waals surface area contributed by atoms with Crippen LogP contribution in [0, 0.1) is 0 Å². The number of rotatable bonds is 7. The number of nitrogens with one attached hydrogen (secondary N) is 2. The molecule has 0 aromatic carbocycles. The molecule has 1 heterocycles. The Bertz CT molecular complexity index is 347. The fourth-order valence-electron chi connectivity index (χ4n) is 3.99. The van der Waals surface area contributed by atoms with Gasteiger partial charge in [-0.3, -0.25) is 9.89 Å². The van der Waals surface area contributed by atoms with E-state index in [1.165, 1.54) is 64.5 Å². The molecule has 0 aromatic rings. The third-order valence-electron chi connectivity index (χ3n) is 5.29. The van der Waals surface area contributed by atoms with E-state index in [1.54, 1.807) is 7.11 Å². The molecule has 1 aliphatic heterocycles. The lowest BCUT2D eigenvalue weighted by Gasteiger charge is -2.47. The first-order valence-corrected chi connectivity index (χ1v) is 9.57. The molecule has 2 rings (SSSR count). The van der Waals surface area contributed by atoms with Crippen LogP contribution in [0.4, 0.5) is 0 Å². The van der Waals surface area contributed by atoms with Crippen molar-refractivity contribution in [2.24, 2.45) is 4.99 Å². The summed E-state index contributed by atoms with van der Waals surface area (Å²) in [6.45, 7) is 7.99. The summed E-state index contributed by atoms with van der Waals surface area (Å²) in [6, 6.07) is 0. The number of likely N-dealkylation sites (tertiary alicyclic amines) is 1. The van der Waals surface area contributed by atoms with E-state index in [2.05, 4.69) is 22.5 Å². The highest BCUT2D eigenvalue weighted by Crippen LogP contribution is 2.35. The summed E-state index contributed by atoms with van der Waals surface area (Å²) in [4.78, 5) is 7.72. The number of piperidine rings is 1. The number of nitrogens with zero attached hydrogens (tertiary/aromatic N) is 2. The van der Waals surface area contributed by atoms with Crippen molar-refractivity contribution in [3.05, 3.63) is 0 Å². The molecular formula is C18H36N4O. The molecule has 1 aliphatic carbocycles. The van der Waals surface area contributed by atoms with Crippen LogP contribution in [0.3, 0.4) is 0 Å². The first-order chi connectivity index (χ1) is 11.3. The molecule has 0 atom stereocenters. The van der Waals surface area contributed by atoms with Gasteiger partial charge in [0.25, 0.3) is 0 Å². The summed E-state index contributed by atoms with van der Waals surface area (Å²) in [7, 11) is 1.74. The third-order valence-corrected chi connectivity index (χ3v) is 5.29. The average Bonchev–Trinajstić information content (AvgIpc) is 2.61. The highest BCUT2D eigenvalue weighted by atomic mass is 16.5. The Kier molecular flexibility index (Phi) is 8.17. The maximum Gasteiger partial charge on any atom is 0.191 e. The van der Waals surface area contributed by atoms with Gasteiger partial charge in [0.15, 0.2) is 5.96 Å². The number of aliphatic imine (C=N–C) groups is 1. The van der Waals surface area contributed by atoms with E-state index in [-0.39, 0.29) is 0 Å². The van der Waals surface area contributed by atoms with Gasteiger partial charge in [0, 0.05) is 25.7 Å². The molecule has 23 heavy (non-hydrogen) atoms. The number of guanidine groups is 1. The van der Waals surface area contributed by atoms with Crippen LogP contribution in [0.25, 0.3) is 0 Å². The number of hydrogen-bond donors (Lipinski definition) is 2. The van der Waals surface area contributed by atoms with Crippen molar-refractivity contribution >= 4 is 5.96 Å². The van der Waals surface area contributed by atoms with E-state index in [0.717, 1.165) is 25.6 Å². The Morgan fingerprint density at radius 2 is 1.74 bits per heavy atom. The monoisotopic (exact) mass is 324 g/mol. The van der Waals surface area contributed by atoms with E-state index >= 15 is 0 Å². The van der Waals surface area contributed by atoms with Crippen molar-refractivity contribution in [1.29, 1.82) is 0 Å². The second-order valence-corrected chi connectivity index (χ2v) is 6.95. The van der Waals surface area contributed by atoms with Crippen LogP contribution in [0.5, 0.6) is 0 Å². The van der Waals surface area contributed by atoms with Gasteiger partial charge in [0.1, 0.15) is 0 Å². The molecule has 0 aromatic heterocycles. The van der Waals surface area contributed by atoms with Crippen LogP contribution < -0.4 is 10.6 Å². The minimum atomic E-state index is 0.308. The third kappa shape index (κ3) is 5.64. The predicted octanol–water partition coefficient (Wildman–Crippen LogP) is 2.38. The molecule has 5 nitrogen and oxygen atoms in total. The number of methoxy groups -OCH3 is 1. The minimum absolute atomic E-state index is 0.308. The van der Waals surface area contributed by atoms with Gasteiger partial charge in [0.05, 0.1) is 13.2 Å². The van der Waals surface area contributed by atoms with Gasteiger partial charge in [-0.15, -0.1) is 0 Å². The Balaban J connectivity index is 2.00. The molecule has 5 heteroatoms. The molecule has 0 spiro atoms. The SMILES string of the molecule is CCNC(=NCC1(N2CCCCC2)CCCCC1)NCCOC. The van der Waals surface area contributed by atoms with Gasteiger partial charge < -0.3 is 15.4 Å². The van der Waals surface area contributed by atoms with E-state index in [9.17, 15) is 0 Å². The molecule has 0 amide bonds. The van der Waals surface area contributed by atoms with Crippen molar-refractivity contribution in [3.63, 3.8) is 0 Å². The van der Waals surface area contributed by atoms with Crippen LogP contribution in [0.1, 0.15) is 58.3 Å². The van der Waals surface area contributed by atoms with Crippen LogP contribution in [0.2, 0.25) is 0 Å². The van der Waals surface area contributed by atoms with Crippen molar-refractivity contribution in [1.82, 2.24) is 15.5 Å². The van der Waals surface area contributed by atoms with Gasteiger partial charge in [-0.05, 0) is 45.7 Å². The van der Waals surface area contributed by atoms with Gasteiger partial charge in [-0.25, -0.2) is 0 Å². The summed E-state index contributed by atoms with van der Waals surface area (Å²) < 4.78 is 5.13. The van der Waals surface area contributed by atoms with E-state index in [4.69, 9.17) is 9.73 Å². The lowest BCUT2D eigenvalue weighted by molar-refractivity contribution is 0.0407. The average molecular weight is 325 g/mol. The van der Waals surface area contributed by atoms with E-state index in [1.807, 2.05) is 0 Å². The van der Waals surface area contributed by atoms with Crippen molar-refractivity contribution in [2.75, 3.05) is 46.4 Å². The standard InChI is InChI=1S/C18H36N4O/c1-3-19-17(20-12-15-23-2)21-16-18(10-6-4-7-11-18)22-13-8-5-9-14-22/h3-16H2,1-2H3,(H2,19,20,21). The van der Waals surface area contributed by atoms with Crippen molar-refractivity contribution < 1.29 is 4.74 Å². The normalized spacial score (nSPS) is 22.8. The van der Waals surface area contributed by atoms with Crippen LogP contribution in [-0.4, -0.2) is 62.8 Å². The maximum absolute atomic E-state index is 5.13. The Hall–Kier alpha value is -0.810. The molecule has 0 bridgehead atoms. The summed E-state index contributed by atoms with van der Waals surface area (Å²) in [5.74, 6) is 0.937. The molecule has 0 unspecified atom stereocenters. The van der Waals surface area contributed by atoms with Crippen molar-refractivity contribution in [3.8, 4) is 0 Å². The van der Waals surface area contributed by atoms with Gasteiger partial charge in [-0.2, -0.15) is 0 Å². The Morgan fingerprint density at radius 1 is 1.04 bits per heavy atom. The number of ether oxygens (including phenoxy) is 1. The quantitative estimate of drug-likeness (QED) is 0.429. The largest absolute Gasteiger partial charge is 0.383 e. The molecule has 1 saturated carbocycles. The molecule has 134 valence electrons. The smallest absolute Gasteiger partial charge is 0.191 e. The molecule has 2 fully saturated rings. The second-order valence-electron chi connectivity index (χ2n) is 6.95. The van der Waals surface area contributed by atoms with Crippen LogP contribution in [0.15, 0.2) is 4.99 Å². The summed E-state index contributed by atoms with van der Waals surface area (Å²) in [5.41, 5.74) is 0.308. The van der Waals surface area contributed by atoms with Gasteiger partial charge in [-0.1, -0.05) is 25.7 Å². The van der Waals surface area contributed by atoms with E-state index < -0.39 is 0 Å². The van der Waals surface area contributed by atoms with Crippen LogP contribution in [-0.2, 0) is 4.74 Å². The van der Waals surface area contributed by atoms with Gasteiger partial charge in [0.2, 0.25) is 0 Å². The zero-order valence-corrected chi connectivity index (χ0v) is 15.2. The lowest BCUT2D eigenvalue weighted by Crippen LogP contribution is -2.54. The molecule has 2 aliphatic rings. The molecule has 2 N–H and O–H groups in total. The summed E-state index contributed by atoms with van der Waals surface area (Å²) in [6.07, 6.45) is 10.9. The first kappa shape index (κ1) is 18.5. The van der Waals surface area contributed by atoms with Crippen LogP contribution >= 0.6 is 0 Å². The lowest BCUT2D eigenvalue weighted by atomic mass is 9.79. The Labute approximate surface area is 142 Å². The fraction of sp³-hybridized carbons (Fsp3) is 0.944. The minimum Gasteiger partial charge on any atom is -0.383 e. The fourth-order valence-corrected chi connectivity index (χ4v) is 3.99. The van der Waals surface area contributed by atoms with E-state index in [0.29, 0.717) is 12.1 Å². The topological polar surface area (TPSA) is 48.9 Å². The Morgan fingerprint density at radius 3 is 2.39 bits per heavy atom. The highest BCUT2D eigenvalue weighted by Gasteiger charge is 2.38. The summed E-state index contributed by atoms with van der Waals surface area (Å²) >= 11 is 0. The first-order valence-electron chi connectivity index (χ1n) is 9.57. The summed E-state index contributed by atoms with van der Waals surface area (Å²) in [5, 5.41) is 6.74. The zero-order chi connectivity index (χ0) is 16.4. The van der Waals surface area contributed by atoms with Gasteiger partial charge >= 0.3 is 0 Å². The number of hydrogen-bond acceptors (Lipinski definition) is 3. The van der Waals surface area contributed by atoms with Crippen molar-refractivity contribution in [2.45, 2.75) is 63.8 Å². The second kappa shape index (κ2) is 10.1. The molecule has 0 radical (unpaired) electrons. The highest BCUT2D eigenvalue weighted by molar-refractivity contribution is 5.79. The molecular weight excluding hydrogens is 288 g/mol.